The van der Waals surface area contributed by atoms with Crippen LogP contribution in [0.4, 0.5) is 4.39 Å². The number of pyridine rings is 1. The first kappa shape index (κ1) is 23.6. The first-order chi connectivity index (χ1) is 14.3. The Morgan fingerprint density at radius 1 is 1.26 bits per heavy atom. The zero-order valence-corrected chi connectivity index (χ0v) is 20.4. The third-order valence-electron chi connectivity index (χ3n) is 5.78. The first-order valence-corrected chi connectivity index (χ1v) is 14.7. The summed E-state index contributed by atoms with van der Waals surface area (Å²) in [5.74, 6) is -0.523. The fraction of sp³-hybridized carbons (Fsp3) is 0.476. The number of fused-ring (bicyclic) bond motifs is 1. The molecule has 31 heavy (non-hydrogen) atoms. The fourth-order valence-electron chi connectivity index (χ4n) is 3.14. The summed E-state index contributed by atoms with van der Waals surface area (Å²) in [6.07, 6.45) is 5.41. The standard InChI is InChI=1S/C21H29FN2O5SSi/c1-21(2,3)31(5,6)29-18(13-24-30(4,25)26)15-11-17(22)19(20-27-9-10-28-20)14-7-8-23-12-16(14)15/h7-12,18,20,24H,13H2,1-6H3. The molecule has 2 aromatic rings. The van der Waals surface area contributed by atoms with Gasteiger partial charge in [-0.3, -0.25) is 4.98 Å². The van der Waals surface area contributed by atoms with Gasteiger partial charge in [0.05, 0.1) is 17.9 Å². The molecule has 10 heteroatoms. The molecule has 1 unspecified atom stereocenters. The molecule has 0 radical (unpaired) electrons. The number of hydrogen-bond donors (Lipinski definition) is 1. The Morgan fingerprint density at radius 3 is 2.48 bits per heavy atom. The predicted octanol–water partition coefficient (Wildman–Crippen LogP) is 4.50. The number of hydrogen-bond acceptors (Lipinski definition) is 6. The summed E-state index contributed by atoms with van der Waals surface area (Å²) in [6, 6.07) is 3.06. The van der Waals surface area contributed by atoms with Crippen LogP contribution >= 0.6 is 0 Å². The number of halogens is 1. The first-order valence-electron chi connectivity index (χ1n) is 9.94. The van der Waals surface area contributed by atoms with Crippen molar-refractivity contribution in [1.82, 2.24) is 9.71 Å². The minimum absolute atomic E-state index is 0.0217. The van der Waals surface area contributed by atoms with E-state index < -0.39 is 36.6 Å². The van der Waals surface area contributed by atoms with Crippen LogP contribution in [0.15, 0.2) is 37.1 Å². The van der Waals surface area contributed by atoms with Gasteiger partial charge in [0, 0.05) is 24.3 Å². The van der Waals surface area contributed by atoms with Gasteiger partial charge in [0.25, 0.3) is 6.29 Å². The normalized spacial score (nSPS) is 16.4. The molecule has 0 aliphatic carbocycles. The minimum atomic E-state index is -3.48. The van der Waals surface area contributed by atoms with Gasteiger partial charge in [0.15, 0.2) is 8.32 Å². The Kier molecular flexibility index (Phi) is 6.48. The molecule has 0 spiro atoms. The van der Waals surface area contributed by atoms with Crippen molar-refractivity contribution in [3.63, 3.8) is 0 Å². The van der Waals surface area contributed by atoms with E-state index in [-0.39, 0.29) is 17.1 Å². The van der Waals surface area contributed by atoms with Gasteiger partial charge in [0.2, 0.25) is 10.0 Å². The SMILES string of the molecule is CC(C)(C)[Si](C)(C)OC(CNS(C)(=O)=O)c1cc(F)c(C2OC=CO2)c2ccncc12. The summed E-state index contributed by atoms with van der Waals surface area (Å²) in [5.41, 5.74) is 0.782. The van der Waals surface area contributed by atoms with E-state index in [1.807, 2.05) is 0 Å². The number of sulfonamides is 1. The summed E-state index contributed by atoms with van der Waals surface area (Å²) in [5, 5.41) is 1.10. The van der Waals surface area contributed by atoms with Gasteiger partial charge in [-0.05, 0) is 41.2 Å². The minimum Gasteiger partial charge on any atom is -0.455 e. The van der Waals surface area contributed by atoms with E-state index in [4.69, 9.17) is 13.9 Å². The topological polar surface area (TPSA) is 86.8 Å². The molecule has 0 fully saturated rings. The highest BCUT2D eigenvalue weighted by Gasteiger charge is 2.40. The number of ether oxygens (including phenoxy) is 2. The van der Waals surface area contributed by atoms with Crippen molar-refractivity contribution in [2.24, 2.45) is 0 Å². The average molecular weight is 469 g/mol. The second-order valence-electron chi connectivity index (χ2n) is 9.15. The maximum Gasteiger partial charge on any atom is 0.269 e. The van der Waals surface area contributed by atoms with E-state index in [2.05, 4.69) is 43.6 Å². The second kappa shape index (κ2) is 8.49. The smallest absolute Gasteiger partial charge is 0.269 e. The molecule has 1 aliphatic rings. The summed E-state index contributed by atoms with van der Waals surface area (Å²) in [4.78, 5) is 4.20. The van der Waals surface area contributed by atoms with Crippen molar-refractivity contribution in [3.8, 4) is 0 Å². The Bertz CT molecular complexity index is 1090. The van der Waals surface area contributed by atoms with E-state index in [9.17, 15) is 8.42 Å². The lowest BCUT2D eigenvalue weighted by atomic mass is 9.97. The van der Waals surface area contributed by atoms with E-state index >= 15 is 4.39 Å². The zero-order valence-electron chi connectivity index (χ0n) is 18.6. The van der Waals surface area contributed by atoms with Crippen molar-refractivity contribution in [2.75, 3.05) is 12.8 Å². The Balaban J connectivity index is 2.14. The van der Waals surface area contributed by atoms with Crippen LogP contribution in [-0.2, 0) is 23.9 Å². The molecule has 3 rings (SSSR count). The molecule has 0 bridgehead atoms. The van der Waals surface area contributed by atoms with Crippen LogP contribution < -0.4 is 4.72 Å². The number of nitrogens with zero attached hydrogens (tertiary/aromatic N) is 1. The average Bonchev–Trinajstić information content (AvgIpc) is 3.17. The van der Waals surface area contributed by atoms with Gasteiger partial charge in [-0.2, -0.15) is 0 Å². The molecule has 0 saturated heterocycles. The van der Waals surface area contributed by atoms with Gasteiger partial charge in [-0.1, -0.05) is 20.8 Å². The second-order valence-corrected chi connectivity index (χ2v) is 15.7. The van der Waals surface area contributed by atoms with E-state index in [1.165, 1.54) is 18.6 Å². The highest BCUT2D eigenvalue weighted by atomic mass is 32.2. The summed E-state index contributed by atoms with van der Waals surface area (Å²) in [6.45, 7) is 10.4. The van der Waals surface area contributed by atoms with Crippen molar-refractivity contribution in [3.05, 3.63) is 54.0 Å². The number of benzene rings is 1. The van der Waals surface area contributed by atoms with Crippen LogP contribution in [0.5, 0.6) is 0 Å². The van der Waals surface area contributed by atoms with Crippen molar-refractivity contribution in [2.45, 2.75) is 51.3 Å². The molecule has 1 atom stereocenters. The van der Waals surface area contributed by atoms with E-state index in [0.29, 0.717) is 16.3 Å². The number of nitrogens with one attached hydrogen (secondary N) is 1. The van der Waals surface area contributed by atoms with Gasteiger partial charge >= 0.3 is 0 Å². The monoisotopic (exact) mass is 468 g/mol. The van der Waals surface area contributed by atoms with Crippen molar-refractivity contribution < 1.29 is 26.7 Å². The van der Waals surface area contributed by atoms with Crippen LogP contribution in [0.3, 0.4) is 0 Å². The zero-order chi connectivity index (χ0) is 23.0. The Morgan fingerprint density at radius 2 is 1.90 bits per heavy atom. The maximum atomic E-state index is 15.3. The van der Waals surface area contributed by atoms with E-state index in [0.717, 1.165) is 6.26 Å². The molecule has 170 valence electrons. The number of rotatable bonds is 7. The van der Waals surface area contributed by atoms with Crippen molar-refractivity contribution in [1.29, 1.82) is 0 Å². The maximum absolute atomic E-state index is 15.3. The van der Waals surface area contributed by atoms with Crippen LogP contribution in [0.1, 0.15) is 44.3 Å². The molecule has 1 N–H and O–H groups in total. The molecule has 1 aromatic carbocycles. The van der Waals surface area contributed by atoms with Crippen LogP contribution in [0, 0.1) is 5.82 Å². The van der Waals surface area contributed by atoms with E-state index in [1.54, 1.807) is 18.5 Å². The molecule has 7 nitrogen and oxygen atoms in total. The molecular weight excluding hydrogens is 439 g/mol. The largest absolute Gasteiger partial charge is 0.455 e. The Labute approximate surface area is 183 Å². The third-order valence-corrected chi connectivity index (χ3v) is 11.0. The molecule has 0 saturated carbocycles. The molecular formula is C21H29FN2O5SSi. The lowest BCUT2D eigenvalue weighted by Gasteiger charge is -2.39. The van der Waals surface area contributed by atoms with Gasteiger partial charge in [0.1, 0.15) is 18.3 Å². The summed E-state index contributed by atoms with van der Waals surface area (Å²) >= 11 is 0. The molecule has 1 aliphatic heterocycles. The third kappa shape index (κ3) is 5.25. The highest BCUT2D eigenvalue weighted by Crippen LogP contribution is 2.42. The van der Waals surface area contributed by atoms with Gasteiger partial charge in [-0.25, -0.2) is 17.5 Å². The van der Waals surface area contributed by atoms with Crippen LogP contribution in [-0.4, -0.2) is 34.5 Å². The summed E-state index contributed by atoms with van der Waals surface area (Å²) in [7, 11) is -5.80. The quantitative estimate of drug-likeness (QED) is 0.602. The van der Waals surface area contributed by atoms with Crippen LogP contribution in [0.2, 0.25) is 18.1 Å². The highest BCUT2D eigenvalue weighted by molar-refractivity contribution is 7.88. The Hall–Kier alpha value is -2.01. The van der Waals surface area contributed by atoms with Gasteiger partial charge in [-0.15, -0.1) is 0 Å². The predicted molar refractivity (Wildman–Crippen MR) is 120 cm³/mol. The van der Waals surface area contributed by atoms with Crippen LogP contribution in [0.25, 0.3) is 10.8 Å². The van der Waals surface area contributed by atoms with Gasteiger partial charge < -0.3 is 13.9 Å². The molecule has 0 amide bonds. The number of aromatic nitrogens is 1. The molecule has 1 aromatic heterocycles. The van der Waals surface area contributed by atoms with Crippen molar-refractivity contribution >= 4 is 29.1 Å². The lowest BCUT2D eigenvalue weighted by molar-refractivity contribution is -0.0259. The fourth-order valence-corrected chi connectivity index (χ4v) is 4.86. The molecule has 2 heterocycles. The summed E-state index contributed by atoms with van der Waals surface area (Å²) < 4.78 is 58.8. The lowest BCUT2D eigenvalue weighted by Crippen LogP contribution is -2.44.